The third kappa shape index (κ3) is 3.15. The molecule has 122 valence electrons. The third-order valence-corrected chi connectivity index (χ3v) is 6.59. The topological polar surface area (TPSA) is 66.5 Å². The molecule has 0 spiro atoms. The summed E-state index contributed by atoms with van der Waals surface area (Å²) in [6, 6.07) is 6.75. The summed E-state index contributed by atoms with van der Waals surface area (Å²) < 4.78 is 40.4. The lowest BCUT2D eigenvalue weighted by atomic mass is 10.2. The number of rotatable bonds is 4. The SMILES string of the molecule is Cc1cc(N2CC[C@@H](NS(=O)(=O)c3cccs3)C2=O)ccc1F. The average molecular weight is 354 g/mol. The summed E-state index contributed by atoms with van der Waals surface area (Å²) in [5, 5.41) is 1.67. The van der Waals surface area contributed by atoms with Gasteiger partial charge >= 0.3 is 0 Å². The summed E-state index contributed by atoms with van der Waals surface area (Å²) in [5.41, 5.74) is 1.02. The minimum atomic E-state index is -3.69. The molecule has 1 aromatic heterocycles. The van der Waals surface area contributed by atoms with Gasteiger partial charge in [-0.05, 0) is 48.6 Å². The maximum atomic E-state index is 13.3. The molecule has 0 bridgehead atoms. The van der Waals surface area contributed by atoms with Crippen LogP contribution in [0.25, 0.3) is 0 Å². The van der Waals surface area contributed by atoms with E-state index in [9.17, 15) is 17.6 Å². The first-order valence-electron chi connectivity index (χ1n) is 7.02. The summed E-state index contributed by atoms with van der Waals surface area (Å²) in [6.45, 7) is 2.01. The molecule has 8 heteroatoms. The standard InChI is InChI=1S/C15H15FN2O3S2/c1-10-9-11(4-5-12(10)16)18-7-6-13(15(18)19)17-23(20,21)14-3-2-8-22-14/h2-5,8-9,13,17H,6-7H2,1H3/t13-/m1/s1. The highest BCUT2D eigenvalue weighted by atomic mass is 32.2. The van der Waals surface area contributed by atoms with Gasteiger partial charge in [-0.25, -0.2) is 12.8 Å². The number of halogens is 1. The third-order valence-electron chi connectivity index (χ3n) is 3.72. The Kier molecular flexibility index (Phi) is 4.22. The van der Waals surface area contributed by atoms with Gasteiger partial charge in [0.2, 0.25) is 5.91 Å². The molecule has 1 fully saturated rings. The predicted molar refractivity (Wildman–Crippen MR) is 86.5 cm³/mol. The van der Waals surface area contributed by atoms with Crippen molar-refractivity contribution < 1.29 is 17.6 Å². The van der Waals surface area contributed by atoms with Crippen molar-refractivity contribution in [3.63, 3.8) is 0 Å². The van der Waals surface area contributed by atoms with E-state index in [4.69, 9.17) is 0 Å². The Morgan fingerprint density at radius 2 is 2.13 bits per heavy atom. The summed E-state index contributed by atoms with van der Waals surface area (Å²) in [6.07, 6.45) is 0.375. The van der Waals surface area contributed by atoms with Crippen LogP contribution in [-0.4, -0.2) is 26.9 Å². The number of amides is 1. The van der Waals surface area contributed by atoms with Gasteiger partial charge in [-0.3, -0.25) is 4.79 Å². The van der Waals surface area contributed by atoms with E-state index in [1.165, 1.54) is 23.1 Å². The number of thiophene rings is 1. The van der Waals surface area contributed by atoms with Crippen LogP contribution in [0.4, 0.5) is 10.1 Å². The molecule has 1 aliphatic heterocycles. The molecule has 1 atom stereocenters. The zero-order valence-electron chi connectivity index (χ0n) is 12.3. The molecule has 1 amide bonds. The van der Waals surface area contributed by atoms with Crippen LogP contribution in [0.3, 0.4) is 0 Å². The van der Waals surface area contributed by atoms with Crippen molar-refractivity contribution in [2.75, 3.05) is 11.4 Å². The molecule has 2 aromatic rings. The highest BCUT2D eigenvalue weighted by molar-refractivity contribution is 7.91. The van der Waals surface area contributed by atoms with E-state index in [1.54, 1.807) is 24.4 Å². The van der Waals surface area contributed by atoms with Crippen LogP contribution < -0.4 is 9.62 Å². The molecule has 1 aliphatic rings. The summed E-state index contributed by atoms with van der Waals surface area (Å²) in [7, 11) is -3.69. The van der Waals surface area contributed by atoms with Gasteiger partial charge < -0.3 is 4.90 Å². The van der Waals surface area contributed by atoms with Crippen LogP contribution in [0.5, 0.6) is 0 Å². The molecule has 0 aliphatic carbocycles. The van der Waals surface area contributed by atoms with Gasteiger partial charge in [0, 0.05) is 12.2 Å². The Morgan fingerprint density at radius 3 is 2.78 bits per heavy atom. The van der Waals surface area contributed by atoms with Crippen molar-refractivity contribution >= 4 is 33.0 Å². The van der Waals surface area contributed by atoms with Crippen molar-refractivity contribution in [1.29, 1.82) is 0 Å². The fourth-order valence-electron chi connectivity index (χ4n) is 2.50. The average Bonchev–Trinajstić information content (AvgIpc) is 3.14. The molecule has 2 heterocycles. The normalized spacial score (nSPS) is 18.6. The van der Waals surface area contributed by atoms with Crippen LogP contribution in [0, 0.1) is 12.7 Å². The summed E-state index contributed by atoms with van der Waals surface area (Å²) in [4.78, 5) is 13.9. The smallest absolute Gasteiger partial charge is 0.250 e. The molecule has 0 saturated carbocycles. The number of nitrogens with zero attached hydrogens (tertiary/aromatic N) is 1. The lowest BCUT2D eigenvalue weighted by Crippen LogP contribution is -2.41. The first-order chi connectivity index (χ1) is 10.9. The number of hydrogen-bond acceptors (Lipinski definition) is 4. The maximum absolute atomic E-state index is 13.3. The van der Waals surface area contributed by atoms with E-state index >= 15 is 0 Å². The quantitative estimate of drug-likeness (QED) is 0.916. The van der Waals surface area contributed by atoms with Crippen LogP contribution in [0.1, 0.15) is 12.0 Å². The van der Waals surface area contributed by atoms with Crippen molar-refractivity contribution in [2.24, 2.45) is 0 Å². The molecule has 1 saturated heterocycles. The van der Waals surface area contributed by atoms with Gasteiger partial charge in [-0.1, -0.05) is 6.07 Å². The van der Waals surface area contributed by atoms with E-state index in [1.807, 2.05) is 0 Å². The number of nitrogens with one attached hydrogen (secondary N) is 1. The molecule has 1 aromatic carbocycles. The minimum absolute atomic E-state index is 0.182. The van der Waals surface area contributed by atoms with Crippen molar-refractivity contribution in [3.8, 4) is 0 Å². The Morgan fingerprint density at radius 1 is 1.35 bits per heavy atom. The van der Waals surface area contributed by atoms with Crippen LogP contribution in [0.2, 0.25) is 0 Å². The first kappa shape index (κ1) is 16.1. The Hall–Kier alpha value is -1.77. The number of aryl methyl sites for hydroxylation is 1. The fraction of sp³-hybridized carbons (Fsp3) is 0.267. The van der Waals surface area contributed by atoms with Crippen LogP contribution >= 0.6 is 11.3 Å². The lowest BCUT2D eigenvalue weighted by molar-refractivity contribution is -0.118. The molecule has 0 radical (unpaired) electrons. The highest BCUT2D eigenvalue weighted by Gasteiger charge is 2.36. The van der Waals surface area contributed by atoms with Gasteiger partial charge in [0.15, 0.2) is 0 Å². The zero-order valence-corrected chi connectivity index (χ0v) is 14.0. The van der Waals surface area contributed by atoms with Crippen molar-refractivity contribution in [2.45, 2.75) is 23.6 Å². The number of benzene rings is 1. The van der Waals surface area contributed by atoms with E-state index in [0.29, 0.717) is 24.2 Å². The van der Waals surface area contributed by atoms with Gasteiger partial charge in [-0.15, -0.1) is 11.3 Å². The number of carbonyl (C=O) groups is 1. The van der Waals surface area contributed by atoms with E-state index < -0.39 is 16.1 Å². The fourth-order valence-corrected chi connectivity index (χ4v) is 4.74. The van der Waals surface area contributed by atoms with E-state index in [0.717, 1.165) is 11.3 Å². The van der Waals surface area contributed by atoms with Gasteiger partial charge in [-0.2, -0.15) is 4.72 Å². The number of carbonyl (C=O) groups excluding carboxylic acids is 1. The Balaban J connectivity index is 1.78. The van der Waals surface area contributed by atoms with Gasteiger partial charge in [0.25, 0.3) is 10.0 Å². The second-order valence-electron chi connectivity index (χ2n) is 5.32. The number of sulfonamides is 1. The van der Waals surface area contributed by atoms with Gasteiger partial charge in [0.1, 0.15) is 16.1 Å². The molecule has 5 nitrogen and oxygen atoms in total. The molecular weight excluding hydrogens is 339 g/mol. The molecule has 1 N–H and O–H groups in total. The summed E-state index contributed by atoms with van der Waals surface area (Å²) >= 11 is 1.10. The molecule has 23 heavy (non-hydrogen) atoms. The van der Waals surface area contributed by atoms with Crippen molar-refractivity contribution in [1.82, 2.24) is 4.72 Å². The van der Waals surface area contributed by atoms with Crippen LogP contribution in [-0.2, 0) is 14.8 Å². The monoisotopic (exact) mass is 354 g/mol. The Labute approximate surface area is 137 Å². The zero-order chi connectivity index (χ0) is 16.6. The largest absolute Gasteiger partial charge is 0.311 e. The van der Waals surface area contributed by atoms with Gasteiger partial charge in [0.05, 0.1) is 0 Å². The molecule has 0 unspecified atom stereocenters. The number of anilines is 1. The van der Waals surface area contributed by atoms with E-state index in [-0.39, 0.29) is 15.9 Å². The van der Waals surface area contributed by atoms with Crippen molar-refractivity contribution in [3.05, 3.63) is 47.1 Å². The first-order valence-corrected chi connectivity index (χ1v) is 9.38. The van der Waals surface area contributed by atoms with E-state index in [2.05, 4.69) is 4.72 Å². The van der Waals surface area contributed by atoms with Crippen LogP contribution in [0.15, 0.2) is 39.9 Å². The molecule has 3 rings (SSSR count). The molecular formula is C15H15FN2O3S2. The second kappa shape index (κ2) is 6.03. The predicted octanol–water partition coefficient (Wildman–Crippen LogP) is 2.28. The lowest BCUT2D eigenvalue weighted by Gasteiger charge is -2.18. The highest BCUT2D eigenvalue weighted by Crippen LogP contribution is 2.25. The maximum Gasteiger partial charge on any atom is 0.250 e. The second-order valence-corrected chi connectivity index (χ2v) is 8.21. The Bertz CT molecular complexity index is 834. The number of hydrogen-bond donors (Lipinski definition) is 1. The summed E-state index contributed by atoms with van der Waals surface area (Å²) in [5.74, 6) is -0.661. The minimum Gasteiger partial charge on any atom is -0.311 e.